The average molecular weight is 205 g/mol. The van der Waals surface area contributed by atoms with Gasteiger partial charge in [0, 0.05) is 12.0 Å². The minimum atomic E-state index is -0.673. The summed E-state index contributed by atoms with van der Waals surface area (Å²) in [5.41, 5.74) is 5.50. The second kappa shape index (κ2) is 4.91. The highest BCUT2D eigenvalue weighted by Gasteiger charge is 2.01. The minimum Gasteiger partial charge on any atom is -0.497 e. The van der Waals surface area contributed by atoms with Crippen LogP contribution in [0.4, 0.5) is 0 Å². The van der Waals surface area contributed by atoms with Crippen LogP contribution in [0.1, 0.15) is 5.56 Å². The lowest BCUT2D eigenvalue weighted by molar-refractivity contribution is -0.112. The third-order valence-corrected chi connectivity index (χ3v) is 1.73. The van der Waals surface area contributed by atoms with E-state index in [-0.39, 0.29) is 0 Å². The molecule has 2 N–H and O–H groups in total. The summed E-state index contributed by atoms with van der Waals surface area (Å²) in [6.45, 7) is 0. The number of carbonyl (C=O) groups is 1. The van der Waals surface area contributed by atoms with Crippen molar-refractivity contribution in [2.45, 2.75) is 0 Å². The van der Waals surface area contributed by atoms with E-state index in [1.807, 2.05) is 0 Å². The summed E-state index contributed by atoms with van der Waals surface area (Å²) < 4.78 is 10.1. The lowest BCUT2D eigenvalue weighted by Gasteiger charge is -2.05. The van der Waals surface area contributed by atoms with Crippen LogP contribution in [-0.2, 0) is 4.79 Å². The van der Waals surface area contributed by atoms with Gasteiger partial charge in [0.1, 0.15) is 11.5 Å². The molecule has 0 saturated heterocycles. The van der Waals surface area contributed by atoms with E-state index in [0.717, 1.165) is 0 Å². The summed E-state index contributed by atoms with van der Waals surface area (Å²) >= 11 is 0. The number of nitrogens with two attached hydrogens (primary N) is 1. The molecule has 0 bridgehead atoms. The zero-order chi connectivity index (χ0) is 11.3. The second-order valence-electron chi connectivity index (χ2n) is 2.68. The Morgan fingerprint density at radius 1 is 1.33 bits per heavy atom. The molecule has 1 aromatic rings. The van der Waals surface area contributed by atoms with Crippen LogP contribution in [0, 0.1) is 11.8 Å². The first-order valence-corrected chi connectivity index (χ1v) is 4.21. The van der Waals surface area contributed by atoms with E-state index in [2.05, 4.69) is 11.8 Å². The van der Waals surface area contributed by atoms with Crippen molar-refractivity contribution in [3.05, 3.63) is 23.8 Å². The zero-order valence-electron chi connectivity index (χ0n) is 8.53. The van der Waals surface area contributed by atoms with Crippen molar-refractivity contribution in [2.24, 2.45) is 5.73 Å². The summed E-state index contributed by atoms with van der Waals surface area (Å²) in [5, 5.41) is 0. The Morgan fingerprint density at radius 3 is 2.60 bits per heavy atom. The first kappa shape index (κ1) is 10.9. The maximum absolute atomic E-state index is 10.5. The summed E-state index contributed by atoms with van der Waals surface area (Å²) in [4.78, 5) is 10.5. The number of benzene rings is 1. The van der Waals surface area contributed by atoms with E-state index in [9.17, 15) is 4.79 Å². The van der Waals surface area contributed by atoms with E-state index in [1.54, 1.807) is 25.3 Å². The maximum atomic E-state index is 10.5. The van der Waals surface area contributed by atoms with Crippen molar-refractivity contribution in [3.8, 4) is 23.3 Å². The number of methoxy groups -OCH3 is 2. The van der Waals surface area contributed by atoms with E-state index in [1.165, 1.54) is 7.11 Å². The largest absolute Gasteiger partial charge is 0.497 e. The van der Waals surface area contributed by atoms with Gasteiger partial charge < -0.3 is 15.2 Å². The van der Waals surface area contributed by atoms with Crippen LogP contribution in [-0.4, -0.2) is 20.1 Å². The molecular weight excluding hydrogens is 194 g/mol. The number of amides is 1. The molecule has 4 heteroatoms. The number of primary amides is 1. The van der Waals surface area contributed by atoms with Crippen LogP contribution >= 0.6 is 0 Å². The van der Waals surface area contributed by atoms with Gasteiger partial charge in [-0.3, -0.25) is 4.79 Å². The fraction of sp³-hybridized carbons (Fsp3) is 0.182. The van der Waals surface area contributed by atoms with Crippen LogP contribution in [0.25, 0.3) is 0 Å². The van der Waals surface area contributed by atoms with Gasteiger partial charge in [-0.15, -0.1) is 0 Å². The molecular formula is C11H11NO3. The number of ether oxygens (including phenoxy) is 2. The number of rotatable bonds is 2. The van der Waals surface area contributed by atoms with Gasteiger partial charge in [0.05, 0.1) is 19.8 Å². The highest BCUT2D eigenvalue weighted by atomic mass is 16.5. The normalized spacial score (nSPS) is 8.67. The second-order valence-corrected chi connectivity index (χ2v) is 2.68. The first-order valence-electron chi connectivity index (χ1n) is 4.21. The van der Waals surface area contributed by atoms with Gasteiger partial charge in [0.25, 0.3) is 5.91 Å². The van der Waals surface area contributed by atoms with Crippen LogP contribution in [0.3, 0.4) is 0 Å². The Morgan fingerprint density at radius 2 is 2.07 bits per heavy atom. The topological polar surface area (TPSA) is 61.5 Å². The molecule has 0 saturated carbocycles. The fourth-order valence-electron chi connectivity index (χ4n) is 1.03. The van der Waals surface area contributed by atoms with Crippen LogP contribution in [0.15, 0.2) is 18.2 Å². The molecule has 1 amide bonds. The Balaban J connectivity index is 3.09. The Labute approximate surface area is 88.0 Å². The molecule has 4 nitrogen and oxygen atoms in total. The molecule has 0 aliphatic heterocycles. The lowest BCUT2D eigenvalue weighted by atomic mass is 10.2. The molecule has 0 unspecified atom stereocenters. The molecule has 1 rings (SSSR count). The van der Waals surface area contributed by atoms with Crippen molar-refractivity contribution in [2.75, 3.05) is 14.2 Å². The highest BCUT2D eigenvalue weighted by Crippen LogP contribution is 2.23. The predicted octanol–water partition coefficient (Wildman–Crippen LogP) is 0.541. The third-order valence-electron chi connectivity index (χ3n) is 1.73. The van der Waals surface area contributed by atoms with Gasteiger partial charge in [-0.1, -0.05) is 5.92 Å². The van der Waals surface area contributed by atoms with Crippen molar-refractivity contribution < 1.29 is 14.3 Å². The van der Waals surface area contributed by atoms with Gasteiger partial charge in [-0.05, 0) is 12.1 Å². The third kappa shape index (κ3) is 2.92. The number of hydrogen-bond donors (Lipinski definition) is 1. The van der Waals surface area contributed by atoms with Gasteiger partial charge in [-0.25, -0.2) is 0 Å². The fourth-order valence-corrected chi connectivity index (χ4v) is 1.03. The van der Waals surface area contributed by atoms with Gasteiger partial charge >= 0.3 is 0 Å². The van der Waals surface area contributed by atoms with Gasteiger partial charge in [0.2, 0.25) is 0 Å². The molecule has 0 aliphatic rings. The van der Waals surface area contributed by atoms with E-state index in [4.69, 9.17) is 15.2 Å². The summed E-state index contributed by atoms with van der Waals surface area (Å²) in [6.07, 6.45) is 0. The number of hydrogen-bond acceptors (Lipinski definition) is 3. The van der Waals surface area contributed by atoms with Crippen LogP contribution < -0.4 is 15.2 Å². The van der Waals surface area contributed by atoms with Crippen LogP contribution in [0.5, 0.6) is 11.5 Å². The molecule has 0 heterocycles. The van der Waals surface area contributed by atoms with Gasteiger partial charge in [0.15, 0.2) is 0 Å². The molecule has 0 radical (unpaired) electrons. The molecule has 0 aliphatic carbocycles. The molecule has 0 atom stereocenters. The highest BCUT2D eigenvalue weighted by molar-refractivity contribution is 5.92. The Kier molecular flexibility index (Phi) is 3.58. The smallest absolute Gasteiger partial charge is 0.293 e. The first-order chi connectivity index (χ1) is 7.17. The summed E-state index contributed by atoms with van der Waals surface area (Å²) in [6, 6.07) is 5.12. The molecule has 0 spiro atoms. The lowest BCUT2D eigenvalue weighted by Crippen LogP contribution is -2.06. The minimum absolute atomic E-state index is 0.545. The predicted molar refractivity (Wildman–Crippen MR) is 55.6 cm³/mol. The summed E-state index contributed by atoms with van der Waals surface area (Å²) in [7, 11) is 3.08. The van der Waals surface area contributed by atoms with Crippen molar-refractivity contribution >= 4 is 5.91 Å². The van der Waals surface area contributed by atoms with Crippen LogP contribution in [0.2, 0.25) is 0 Å². The standard InChI is InChI=1S/C11H11NO3/c1-14-9-5-3-8(4-6-11(12)13)10(7-9)15-2/h3,5,7H,1-2H3,(H2,12,13). The SMILES string of the molecule is COc1ccc(C#CC(N)=O)c(OC)c1. The Bertz CT molecular complexity index is 429. The quantitative estimate of drug-likeness (QED) is 0.717. The monoisotopic (exact) mass is 205 g/mol. The molecule has 0 aromatic heterocycles. The zero-order valence-corrected chi connectivity index (χ0v) is 8.53. The maximum Gasteiger partial charge on any atom is 0.293 e. The average Bonchev–Trinajstić information content (AvgIpc) is 2.25. The summed E-state index contributed by atoms with van der Waals surface area (Å²) in [5.74, 6) is 5.39. The van der Waals surface area contributed by atoms with Gasteiger partial charge in [-0.2, -0.15) is 0 Å². The Hall–Kier alpha value is -2.15. The molecule has 15 heavy (non-hydrogen) atoms. The van der Waals surface area contributed by atoms with Crippen molar-refractivity contribution in [1.29, 1.82) is 0 Å². The van der Waals surface area contributed by atoms with Crippen molar-refractivity contribution in [1.82, 2.24) is 0 Å². The van der Waals surface area contributed by atoms with E-state index < -0.39 is 5.91 Å². The number of carbonyl (C=O) groups excluding carboxylic acids is 1. The molecule has 0 fully saturated rings. The van der Waals surface area contributed by atoms with E-state index >= 15 is 0 Å². The molecule has 1 aromatic carbocycles. The molecule has 78 valence electrons. The van der Waals surface area contributed by atoms with E-state index in [0.29, 0.717) is 17.1 Å². The van der Waals surface area contributed by atoms with Crippen molar-refractivity contribution in [3.63, 3.8) is 0 Å².